The van der Waals surface area contributed by atoms with Crippen molar-refractivity contribution in [2.75, 3.05) is 12.4 Å². The van der Waals surface area contributed by atoms with Crippen LogP contribution in [0, 0.1) is 5.82 Å². The van der Waals surface area contributed by atoms with Gasteiger partial charge in [-0.05, 0) is 31.4 Å². The van der Waals surface area contributed by atoms with E-state index in [1.54, 1.807) is 31.4 Å². The Morgan fingerprint density at radius 2 is 2.06 bits per heavy atom. The Kier molecular flexibility index (Phi) is 6.20. The molecule has 1 aromatic carbocycles. The summed E-state index contributed by atoms with van der Waals surface area (Å²) in [6.07, 6.45) is 3.82. The average molecular weight is 501 g/mol. The molecule has 0 bridgehead atoms. The molecule has 3 heterocycles. The monoisotopic (exact) mass is 500 g/mol. The van der Waals surface area contributed by atoms with Crippen LogP contribution >= 0.6 is 22.9 Å². The van der Waals surface area contributed by atoms with Crippen LogP contribution in [0.4, 0.5) is 10.2 Å². The second kappa shape index (κ2) is 9.28. The summed E-state index contributed by atoms with van der Waals surface area (Å²) in [5.74, 6) is 0.388. The minimum atomic E-state index is -0.652. The van der Waals surface area contributed by atoms with Gasteiger partial charge in [0.1, 0.15) is 27.3 Å². The number of rotatable bonds is 5. The van der Waals surface area contributed by atoms with E-state index in [0.29, 0.717) is 46.3 Å². The topological polar surface area (TPSA) is 105 Å². The summed E-state index contributed by atoms with van der Waals surface area (Å²) < 4.78 is 17.2. The third kappa shape index (κ3) is 4.36. The van der Waals surface area contributed by atoms with Crippen molar-refractivity contribution in [3.05, 3.63) is 57.9 Å². The number of hydrogen-bond donors (Lipinski definition) is 3. The van der Waals surface area contributed by atoms with Crippen LogP contribution in [-0.4, -0.2) is 49.7 Å². The molecule has 1 amide bonds. The molecule has 0 unspecified atom stereocenters. The fourth-order valence-electron chi connectivity index (χ4n) is 4.53. The summed E-state index contributed by atoms with van der Waals surface area (Å²) in [5, 5.41) is 17.0. The molecule has 1 fully saturated rings. The van der Waals surface area contributed by atoms with Crippen molar-refractivity contribution in [2.45, 2.75) is 37.5 Å². The van der Waals surface area contributed by atoms with Gasteiger partial charge in [0, 0.05) is 25.2 Å². The molecule has 3 N–H and O–H groups in total. The summed E-state index contributed by atoms with van der Waals surface area (Å²) in [6, 6.07) is 7.79. The molecule has 8 nitrogen and oxygen atoms in total. The van der Waals surface area contributed by atoms with Crippen molar-refractivity contribution in [1.82, 2.24) is 24.8 Å². The highest BCUT2D eigenvalue weighted by Gasteiger charge is 2.33. The lowest BCUT2D eigenvalue weighted by Crippen LogP contribution is -2.43. The maximum absolute atomic E-state index is 14.8. The van der Waals surface area contributed by atoms with Crippen LogP contribution in [0.5, 0.6) is 0 Å². The number of carbonyl (C=O) groups is 1. The highest BCUT2D eigenvalue weighted by molar-refractivity contribution is 7.17. The number of nitrogens with one attached hydrogen (secondary N) is 2. The largest absolute Gasteiger partial charge is 0.393 e. The first kappa shape index (κ1) is 22.7. The van der Waals surface area contributed by atoms with Crippen molar-refractivity contribution < 1.29 is 14.3 Å². The molecule has 5 rings (SSSR count). The first-order valence-electron chi connectivity index (χ1n) is 10.8. The smallest absolute Gasteiger partial charge is 0.280 e. The SMILES string of the molecule is CNc1cc2c(cn1)nc(-c1ccccc1F)n2[C@@H]1C[C@@H](O)C[C@H](NC(=O)c2ncc(Cl)s2)C1. The van der Waals surface area contributed by atoms with Gasteiger partial charge in [-0.25, -0.2) is 19.3 Å². The maximum atomic E-state index is 14.8. The number of thiazole rings is 1. The number of aliphatic hydroxyl groups excluding tert-OH is 1. The summed E-state index contributed by atoms with van der Waals surface area (Å²) in [4.78, 5) is 25.7. The van der Waals surface area contributed by atoms with Crippen LogP contribution in [0.3, 0.4) is 0 Å². The average Bonchev–Trinajstić information content (AvgIpc) is 3.42. The number of fused-ring (bicyclic) bond motifs is 1. The van der Waals surface area contributed by atoms with Gasteiger partial charge in [0.05, 0.1) is 29.6 Å². The Labute approximate surface area is 203 Å². The van der Waals surface area contributed by atoms with Crippen molar-refractivity contribution in [3.8, 4) is 11.4 Å². The molecule has 0 radical (unpaired) electrons. The van der Waals surface area contributed by atoms with Gasteiger partial charge in [-0.3, -0.25) is 4.79 Å². The number of aromatic nitrogens is 4. The number of benzene rings is 1. The summed E-state index contributed by atoms with van der Waals surface area (Å²) >= 11 is 7.01. The molecule has 11 heteroatoms. The Morgan fingerprint density at radius 1 is 1.24 bits per heavy atom. The number of halogens is 2. The number of imidazole rings is 1. The number of amides is 1. The standard InChI is InChI=1S/C23H22ClFN6O2S/c1-26-20-9-18-17(10-27-20)30-21(15-4-2-3-5-16(15)25)31(18)13-6-12(7-14(32)8-13)29-22(33)23-28-11-19(24)34-23/h2-5,9-14,32H,6-8H2,1H3,(H,26,27)(H,29,33)/t12-,13+,14+/m1/s1. The molecule has 3 atom stereocenters. The molecular weight excluding hydrogens is 479 g/mol. The summed E-state index contributed by atoms with van der Waals surface area (Å²) in [7, 11) is 1.77. The quantitative estimate of drug-likeness (QED) is 0.378. The van der Waals surface area contributed by atoms with Crippen LogP contribution in [0.1, 0.15) is 35.1 Å². The molecule has 0 saturated heterocycles. The zero-order valence-corrected chi connectivity index (χ0v) is 19.8. The Hall–Kier alpha value is -3.08. The van der Waals surface area contributed by atoms with Crippen LogP contribution in [0.25, 0.3) is 22.4 Å². The number of carbonyl (C=O) groups excluding carboxylic acids is 1. The van der Waals surface area contributed by atoms with Gasteiger partial charge < -0.3 is 20.3 Å². The van der Waals surface area contributed by atoms with Gasteiger partial charge in [0.25, 0.3) is 5.91 Å². The minimum Gasteiger partial charge on any atom is -0.393 e. The van der Waals surface area contributed by atoms with Gasteiger partial charge in [0.15, 0.2) is 5.01 Å². The fourth-order valence-corrected chi connectivity index (χ4v) is 5.35. The molecule has 0 aliphatic heterocycles. The highest BCUT2D eigenvalue weighted by Crippen LogP contribution is 2.37. The van der Waals surface area contributed by atoms with Crippen molar-refractivity contribution in [1.29, 1.82) is 0 Å². The van der Waals surface area contributed by atoms with E-state index in [0.717, 1.165) is 16.9 Å². The van der Waals surface area contributed by atoms with Gasteiger partial charge in [-0.15, -0.1) is 0 Å². The minimum absolute atomic E-state index is 0.236. The van der Waals surface area contributed by atoms with Gasteiger partial charge in [0.2, 0.25) is 0 Å². The normalized spacial score (nSPS) is 20.4. The summed E-state index contributed by atoms with van der Waals surface area (Å²) in [6.45, 7) is 0. The first-order chi connectivity index (χ1) is 16.4. The van der Waals surface area contributed by atoms with E-state index < -0.39 is 6.10 Å². The first-order valence-corrected chi connectivity index (χ1v) is 12.0. The van der Waals surface area contributed by atoms with E-state index in [1.807, 2.05) is 10.6 Å². The lowest BCUT2D eigenvalue weighted by Gasteiger charge is -2.34. The molecule has 1 aliphatic carbocycles. The van der Waals surface area contributed by atoms with Crippen molar-refractivity contribution >= 4 is 45.7 Å². The zero-order valence-electron chi connectivity index (χ0n) is 18.2. The number of nitrogens with zero attached hydrogens (tertiary/aromatic N) is 4. The molecule has 1 aliphatic rings. The Balaban J connectivity index is 1.54. The van der Waals surface area contributed by atoms with E-state index in [9.17, 15) is 14.3 Å². The lowest BCUT2D eigenvalue weighted by molar-refractivity contribution is 0.0747. The van der Waals surface area contributed by atoms with Crippen LogP contribution in [0.2, 0.25) is 4.34 Å². The third-order valence-corrected chi connectivity index (χ3v) is 7.09. The van der Waals surface area contributed by atoms with Crippen LogP contribution in [-0.2, 0) is 0 Å². The van der Waals surface area contributed by atoms with Crippen LogP contribution < -0.4 is 10.6 Å². The Morgan fingerprint density at radius 3 is 2.79 bits per heavy atom. The van der Waals surface area contributed by atoms with E-state index in [-0.39, 0.29) is 28.8 Å². The van der Waals surface area contributed by atoms with Crippen molar-refractivity contribution in [3.63, 3.8) is 0 Å². The third-order valence-electron chi connectivity index (χ3n) is 5.98. The van der Waals surface area contributed by atoms with Gasteiger partial charge in [-0.1, -0.05) is 35.1 Å². The number of aliphatic hydroxyl groups is 1. The maximum Gasteiger partial charge on any atom is 0.280 e. The van der Waals surface area contributed by atoms with Gasteiger partial charge in [-0.2, -0.15) is 0 Å². The molecule has 4 aromatic rings. The molecule has 1 saturated carbocycles. The predicted octanol–water partition coefficient (Wildman–Crippen LogP) is 4.27. The summed E-state index contributed by atoms with van der Waals surface area (Å²) in [5.41, 5.74) is 1.76. The number of pyridine rings is 1. The zero-order chi connectivity index (χ0) is 23.8. The molecule has 176 valence electrons. The van der Waals surface area contributed by atoms with E-state index in [1.165, 1.54) is 12.3 Å². The van der Waals surface area contributed by atoms with E-state index >= 15 is 0 Å². The van der Waals surface area contributed by atoms with Gasteiger partial charge >= 0.3 is 0 Å². The lowest BCUT2D eigenvalue weighted by atomic mass is 9.88. The molecule has 3 aromatic heterocycles. The second-order valence-electron chi connectivity index (χ2n) is 8.25. The van der Waals surface area contributed by atoms with E-state index in [4.69, 9.17) is 16.6 Å². The molecule has 34 heavy (non-hydrogen) atoms. The highest BCUT2D eigenvalue weighted by atomic mass is 35.5. The van der Waals surface area contributed by atoms with Crippen molar-refractivity contribution in [2.24, 2.45) is 0 Å². The fraction of sp³-hybridized carbons (Fsp3) is 0.304. The van der Waals surface area contributed by atoms with E-state index in [2.05, 4.69) is 20.6 Å². The Bertz CT molecular complexity index is 1360. The predicted molar refractivity (Wildman–Crippen MR) is 130 cm³/mol. The second-order valence-corrected chi connectivity index (χ2v) is 9.91. The molecular formula is C23H22ClFN6O2S. The number of anilines is 1. The number of hydrogen-bond acceptors (Lipinski definition) is 7. The van der Waals surface area contributed by atoms with Crippen LogP contribution in [0.15, 0.2) is 42.7 Å². The molecule has 0 spiro atoms.